The fraction of sp³-hybridized carbons (Fsp3) is 0.406. The van der Waals surface area contributed by atoms with Gasteiger partial charge in [-0.25, -0.2) is 9.97 Å². The largest absolute Gasteiger partial charge is 0.457 e. The highest BCUT2D eigenvalue weighted by Gasteiger charge is 2.21. The number of likely N-dealkylation sites (tertiary alicyclic amines) is 1. The summed E-state index contributed by atoms with van der Waals surface area (Å²) >= 11 is 5.88. The maximum atomic E-state index is 10.6. The van der Waals surface area contributed by atoms with E-state index in [0.29, 0.717) is 28.7 Å². The van der Waals surface area contributed by atoms with Crippen LogP contribution in [0.4, 0.5) is 5.82 Å². The number of nitrogens with one attached hydrogen (secondary N) is 2. The third kappa shape index (κ3) is 9.00. The second-order valence-corrected chi connectivity index (χ2v) is 10.7. The van der Waals surface area contributed by atoms with Gasteiger partial charge < -0.3 is 29.4 Å². The monoisotopic (exact) mass is 593 g/mol. The molecule has 2 N–H and O–H groups in total. The number of methoxy groups -OCH3 is 2. The summed E-state index contributed by atoms with van der Waals surface area (Å²) < 4.78 is 16.1. The van der Waals surface area contributed by atoms with Gasteiger partial charge in [0.15, 0.2) is 12.6 Å². The van der Waals surface area contributed by atoms with Crippen LogP contribution in [0, 0.1) is 6.92 Å². The lowest BCUT2D eigenvalue weighted by Gasteiger charge is -2.33. The molecule has 0 bridgehead atoms. The number of carbonyl (C=O) groups excluding carboxylic acids is 1. The molecular formula is C32H40ClN5O4. The van der Waals surface area contributed by atoms with Gasteiger partial charge in [0, 0.05) is 44.6 Å². The van der Waals surface area contributed by atoms with Crippen molar-refractivity contribution in [3.05, 3.63) is 77.2 Å². The molecular weight excluding hydrogens is 554 g/mol. The Morgan fingerprint density at radius 3 is 2.67 bits per heavy atom. The Morgan fingerprint density at radius 2 is 1.93 bits per heavy atom. The minimum Gasteiger partial charge on any atom is -0.457 e. The molecule has 0 saturated carbocycles. The van der Waals surface area contributed by atoms with E-state index in [1.807, 2.05) is 36.5 Å². The number of hydrogen-bond donors (Lipinski definition) is 2. The minimum atomic E-state index is -0.0736. The first-order chi connectivity index (χ1) is 20.5. The van der Waals surface area contributed by atoms with Gasteiger partial charge in [-0.3, -0.25) is 4.79 Å². The van der Waals surface area contributed by atoms with Crippen LogP contribution in [0.5, 0.6) is 11.5 Å². The quantitative estimate of drug-likeness (QED) is 0.104. The lowest BCUT2D eigenvalue weighted by Crippen LogP contribution is -2.42. The fourth-order valence-electron chi connectivity index (χ4n) is 5.07. The summed E-state index contributed by atoms with van der Waals surface area (Å²) in [5.41, 5.74) is 2.54. The van der Waals surface area contributed by atoms with Crippen LogP contribution >= 0.6 is 11.6 Å². The highest BCUT2D eigenvalue weighted by Crippen LogP contribution is 2.26. The zero-order chi connectivity index (χ0) is 29.7. The van der Waals surface area contributed by atoms with Gasteiger partial charge in [0.2, 0.25) is 0 Å². The fourth-order valence-corrected chi connectivity index (χ4v) is 5.28. The SMILES string of the molecule is COC(CCCCN1CCCC(Nc2ncnc3[nH]cc(C)c23)C1)OC.O=Cc1ccc(Oc2ccccc2)cc1Cl. The standard InChI is InChI=1S/C19H31N5O2.C13H9ClO2/c1-14-11-20-18-17(14)19(22-13-21-18)23-15-7-6-10-24(12-15)9-5-4-8-16(25-2)26-3;14-13-8-12(7-6-10(13)9-15)16-11-4-2-1-3-5-11/h11,13,15-16H,4-10,12H2,1-3H3,(H2,20,21,22,23);1-9H. The molecule has 0 aliphatic carbocycles. The molecule has 1 fully saturated rings. The number of anilines is 1. The molecule has 10 heteroatoms. The Bertz CT molecular complexity index is 1400. The predicted octanol–water partition coefficient (Wildman–Crippen LogP) is 6.88. The number of fused-ring (bicyclic) bond motifs is 1. The minimum absolute atomic E-state index is 0.0736. The predicted molar refractivity (Wildman–Crippen MR) is 167 cm³/mol. The van der Waals surface area contributed by atoms with Gasteiger partial charge in [0.05, 0.1) is 10.4 Å². The summed E-state index contributed by atoms with van der Waals surface area (Å²) in [4.78, 5) is 25.1. The number of aromatic amines is 1. The number of halogens is 1. The smallest absolute Gasteiger partial charge is 0.156 e. The molecule has 0 radical (unpaired) electrons. The first kappa shape index (κ1) is 31.4. The second-order valence-electron chi connectivity index (χ2n) is 10.3. The number of ether oxygens (including phenoxy) is 3. The van der Waals surface area contributed by atoms with Crippen molar-refractivity contribution in [3.63, 3.8) is 0 Å². The number of para-hydroxylation sites is 1. The molecule has 1 unspecified atom stereocenters. The van der Waals surface area contributed by atoms with E-state index in [1.165, 1.54) is 31.4 Å². The van der Waals surface area contributed by atoms with E-state index in [1.54, 1.807) is 38.7 Å². The van der Waals surface area contributed by atoms with E-state index in [-0.39, 0.29) is 6.29 Å². The molecule has 3 heterocycles. The van der Waals surface area contributed by atoms with Gasteiger partial charge in [-0.2, -0.15) is 0 Å². The van der Waals surface area contributed by atoms with Crippen molar-refractivity contribution in [1.82, 2.24) is 19.9 Å². The van der Waals surface area contributed by atoms with Crippen LogP contribution in [0.25, 0.3) is 11.0 Å². The summed E-state index contributed by atoms with van der Waals surface area (Å²) in [7, 11) is 3.40. The number of unbranched alkanes of at least 4 members (excludes halogenated alkanes) is 1. The van der Waals surface area contributed by atoms with Gasteiger partial charge in [-0.1, -0.05) is 29.8 Å². The topological polar surface area (TPSA) is 102 Å². The number of aryl methyl sites for hydroxylation is 1. The Kier molecular flexibility index (Phi) is 12.1. The van der Waals surface area contributed by atoms with Crippen LogP contribution in [0.15, 0.2) is 61.1 Å². The number of aldehydes is 1. The number of rotatable bonds is 12. The second kappa shape index (κ2) is 16.2. The van der Waals surface area contributed by atoms with Gasteiger partial charge in [-0.05, 0) is 81.9 Å². The highest BCUT2D eigenvalue weighted by atomic mass is 35.5. The molecule has 0 spiro atoms. The zero-order valence-electron chi connectivity index (χ0n) is 24.5. The average molecular weight is 594 g/mol. The first-order valence-electron chi connectivity index (χ1n) is 14.3. The van der Waals surface area contributed by atoms with Crippen LogP contribution in [-0.4, -0.2) is 72.3 Å². The molecule has 1 saturated heterocycles. The van der Waals surface area contributed by atoms with E-state index in [4.69, 9.17) is 25.8 Å². The summed E-state index contributed by atoms with van der Waals surface area (Å²) in [6.45, 7) is 5.46. The number of aromatic nitrogens is 3. The van der Waals surface area contributed by atoms with E-state index >= 15 is 0 Å². The average Bonchev–Trinajstić information content (AvgIpc) is 3.40. The summed E-state index contributed by atoms with van der Waals surface area (Å²) in [6.07, 6.45) is 9.91. The number of piperidine rings is 1. The van der Waals surface area contributed by atoms with Crippen LogP contribution in [-0.2, 0) is 9.47 Å². The van der Waals surface area contributed by atoms with Crippen molar-refractivity contribution >= 4 is 34.7 Å². The molecule has 9 nitrogen and oxygen atoms in total. The summed E-state index contributed by atoms with van der Waals surface area (Å²) in [6, 6.07) is 14.8. The molecule has 1 aliphatic rings. The molecule has 0 amide bonds. The van der Waals surface area contributed by atoms with Crippen molar-refractivity contribution in [3.8, 4) is 11.5 Å². The summed E-state index contributed by atoms with van der Waals surface area (Å²) in [5, 5.41) is 5.15. The van der Waals surface area contributed by atoms with Gasteiger partial charge in [0.25, 0.3) is 0 Å². The molecule has 1 aliphatic heterocycles. The number of hydrogen-bond acceptors (Lipinski definition) is 8. The lowest BCUT2D eigenvalue weighted by molar-refractivity contribution is -0.107. The summed E-state index contributed by atoms with van der Waals surface area (Å²) in [5.74, 6) is 2.29. The number of nitrogens with zero attached hydrogens (tertiary/aromatic N) is 3. The van der Waals surface area contributed by atoms with Gasteiger partial charge in [-0.15, -0.1) is 0 Å². The molecule has 224 valence electrons. The number of benzene rings is 2. The van der Waals surface area contributed by atoms with Crippen LogP contribution in [0.1, 0.15) is 48.0 Å². The molecule has 5 rings (SSSR count). The molecule has 4 aromatic rings. The van der Waals surface area contributed by atoms with E-state index in [0.717, 1.165) is 48.5 Å². The first-order valence-corrected chi connectivity index (χ1v) is 14.7. The molecule has 1 atom stereocenters. The van der Waals surface area contributed by atoms with E-state index in [9.17, 15) is 4.79 Å². The molecule has 2 aromatic heterocycles. The third-order valence-corrected chi connectivity index (χ3v) is 7.61. The zero-order valence-corrected chi connectivity index (χ0v) is 25.3. The van der Waals surface area contributed by atoms with Crippen LogP contribution in [0.3, 0.4) is 0 Å². The van der Waals surface area contributed by atoms with E-state index < -0.39 is 0 Å². The highest BCUT2D eigenvalue weighted by molar-refractivity contribution is 6.33. The Labute approximate surface area is 252 Å². The Hall–Kier alpha value is -3.50. The normalized spacial score (nSPS) is 15.3. The van der Waals surface area contributed by atoms with Crippen molar-refractivity contribution in [1.29, 1.82) is 0 Å². The van der Waals surface area contributed by atoms with Crippen LogP contribution < -0.4 is 10.1 Å². The maximum absolute atomic E-state index is 10.6. The molecule has 2 aromatic carbocycles. The maximum Gasteiger partial charge on any atom is 0.156 e. The van der Waals surface area contributed by atoms with Crippen molar-refractivity contribution in [2.45, 2.75) is 51.4 Å². The number of carbonyl (C=O) groups is 1. The van der Waals surface area contributed by atoms with Crippen molar-refractivity contribution in [2.24, 2.45) is 0 Å². The van der Waals surface area contributed by atoms with Crippen LogP contribution in [0.2, 0.25) is 5.02 Å². The third-order valence-electron chi connectivity index (χ3n) is 7.28. The lowest BCUT2D eigenvalue weighted by atomic mass is 10.0. The van der Waals surface area contributed by atoms with Gasteiger partial charge in [0.1, 0.15) is 29.3 Å². The Morgan fingerprint density at radius 1 is 1.12 bits per heavy atom. The van der Waals surface area contributed by atoms with Crippen molar-refractivity contribution < 1.29 is 19.0 Å². The Balaban J connectivity index is 0.000000216. The van der Waals surface area contributed by atoms with Gasteiger partial charge >= 0.3 is 0 Å². The van der Waals surface area contributed by atoms with Crippen molar-refractivity contribution in [2.75, 3.05) is 39.2 Å². The number of H-pyrrole nitrogens is 1. The van der Waals surface area contributed by atoms with E-state index in [2.05, 4.69) is 32.1 Å². The molecule has 42 heavy (non-hydrogen) atoms.